The molecule has 0 fully saturated rings. The average molecular weight is 284 g/mol. The highest BCUT2D eigenvalue weighted by molar-refractivity contribution is 8.04. The fraction of sp³-hybridized carbons (Fsp3) is 0.0625. The maximum atomic E-state index is 12.2. The Morgan fingerprint density at radius 3 is 2.35 bits per heavy atom. The van der Waals surface area contributed by atoms with E-state index in [-0.39, 0.29) is 5.91 Å². The Labute approximate surface area is 122 Å². The Hall–Kier alpha value is -2.20. The van der Waals surface area contributed by atoms with Gasteiger partial charge in [0.15, 0.2) is 0 Å². The van der Waals surface area contributed by atoms with Gasteiger partial charge in [-0.25, -0.2) is 0 Å². The largest absolute Gasteiger partial charge is 0.404 e. The summed E-state index contributed by atoms with van der Waals surface area (Å²) in [4.78, 5) is 13.6. The highest BCUT2D eigenvalue weighted by atomic mass is 32.2. The first-order chi connectivity index (χ1) is 9.69. The van der Waals surface area contributed by atoms with E-state index in [1.165, 1.54) is 18.0 Å². The molecule has 0 atom stereocenters. The molecule has 0 aliphatic carbocycles. The Balaban J connectivity index is 2.05. The van der Waals surface area contributed by atoms with E-state index in [1.54, 1.807) is 0 Å². The third-order valence-electron chi connectivity index (χ3n) is 2.66. The van der Waals surface area contributed by atoms with Crippen LogP contribution in [-0.4, -0.2) is 5.91 Å². The molecule has 0 aliphatic rings. The Kier molecular flexibility index (Phi) is 4.85. The van der Waals surface area contributed by atoms with Gasteiger partial charge in [0.1, 0.15) is 0 Å². The fourth-order valence-electron chi connectivity index (χ4n) is 1.60. The summed E-state index contributed by atoms with van der Waals surface area (Å²) in [6.45, 7) is 2.00. The molecular formula is C16H16N2OS. The molecule has 2 rings (SSSR count). The van der Waals surface area contributed by atoms with Crippen LogP contribution in [0.15, 0.2) is 70.6 Å². The number of nitrogens with two attached hydrogens (primary N) is 1. The SMILES string of the molecule is Cc1ccc(NC(=O)/C(=C\N)Sc2ccccc2)cc1. The van der Waals surface area contributed by atoms with Crippen molar-refractivity contribution in [3.05, 3.63) is 71.3 Å². The summed E-state index contributed by atoms with van der Waals surface area (Å²) in [6, 6.07) is 17.3. The molecule has 4 heteroatoms. The summed E-state index contributed by atoms with van der Waals surface area (Å²) in [7, 11) is 0. The molecule has 0 aliphatic heterocycles. The van der Waals surface area contributed by atoms with E-state index < -0.39 is 0 Å². The normalized spacial score (nSPS) is 11.2. The number of amides is 1. The van der Waals surface area contributed by atoms with Crippen LogP contribution < -0.4 is 11.1 Å². The van der Waals surface area contributed by atoms with Crippen LogP contribution in [0.1, 0.15) is 5.56 Å². The van der Waals surface area contributed by atoms with Gasteiger partial charge in [-0.15, -0.1) is 0 Å². The van der Waals surface area contributed by atoms with Crippen molar-refractivity contribution in [2.45, 2.75) is 11.8 Å². The van der Waals surface area contributed by atoms with E-state index >= 15 is 0 Å². The van der Waals surface area contributed by atoms with Crippen LogP contribution in [0.5, 0.6) is 0 Å². The number of carbonyl (C=O) groups excluding carboxylic acids is 1. The molecule has 0 bridgehead atoms. The Morgan fingerprint density at radius 2 is 1.75 bits per heavy atom. The molecule has 0 unspecified atom stereocenters. The van der Waals surface area contributed by atoms with E-state index in [4.69, 9.17) is 5.73 Å². The number of anilines is 1. The smallest absolute Gasteiger partial charge is 0.263 e. The minimum atomic E-state index is -0.204. The number of carbonyl (C=O) groups is 1. The minimum Gasteiger partial charge on any atom is -0.404 e. The van der Waals surface area contributed by atoms with Gasteiger partial charge in [-0.05, 0) is 31.2 Å². The summed E-state index contributed by atoms with van der Waals surface area (Å²) < 4.78 is 0. The maximum absolute atomic E-state index is 12.2. The van der Waals surface area contributed by atoms with Gasteiger partial charge in [0.2, 0.25) is 0 Å². The fourth-order valence-corrected chi connectivity index (χ4v) is 2.36. The first-order valence-electron chi connectivity index (χ1n) is 6.22. The lowest BCUT2D eigenvalue weighted by Crippen LogP contribution is -2.13. The molecule has 1 amide bonds. The predicted molar refractivity (Wildman–Crippen MR) is 84.4 cm³/mol. The molecule has 20 heavy (non-hydrogen) atoms. The van der Waals surface area contributed by atoms with Crippen molar-refractivity contribution in [2.24, 2.45) is 5.73 Å². The number of thioether (sulfide) groups is 1. The summed E-state index contributed by atoms with van der Waals surface area (Å²) in [5.41, 5.74) is 7.46. The second-order valence-corrected chi connectivity index (χ2v) is 5.38. The van der Waals surface area contributed by atoms with Gasteiger partial charge in [0, 0.05) is 16.8 Å². The average Bonchev–Trinajstić information content (AvgIpc) is 2.48. The van der Waals surface area contributed by atoms with Gasteiger partial charge in [0.05, 0.1) is 4.91 Å². The lowest BCUT2D eigenvalue weighted by atomic mass is 10.2. The first kappa shape index (κ1) is 14.2. The van der Waals surface area contributed by atoms with Crippen molar-refractivity contribution >= 4 is 23.4 Å². The second-order valence-electron chi connectivity index (χ2n) is 4.27. The van der Waals surface area contributed by atoms with Crippen LogP contribution in [0, 0.1) is 6.92 Å². The number of nitrogens with one attached hydrogen (secondary N) is 1. The molecule has 0 heterocycles. The molecule has 0 saturated carbocycles. The molecule has 0 radical (unpaired) electrons. The quantitative estimate of drug-likeness (QED) is 0.667. The highest BCUT2D eigenvalue weighted by Crippen LogP contribution is 2.26. The van der Waals surface area contributed by atoms with Crippen molar-refractivity contribution in [3.8, 4) is 0 Å². The van der Waals surface area contributed by atoms with Crippen molar-refractivity contribution in [3.63, 3.8) is 0 Å². The number of hydrogen-bond acceptors (Lipinski definition) is 3. The molecule has 2 aromatic carbocycles. The molecular weight excluding hydrogens is 268 g/mol. The molecule has 0 aromatic heterocycles. The van der Waals surface area contributed by atoms with E-state index in [0.717, 1.165) is 16.1 Å². The van der Waals surface area contributed by atoms with Gasteiger partial charge in [-0.1, -0.05) is 47.7 Å². The molecule has 0 saturated heterocycles. The highest BCUT2D eigenvalue weighted by Gasteiger charge is 2.11. The van der Waals surface area contributed by atoms with Crippen molar-refractivity contribution in [1.29, 1.82) is 0 Å². The number of hydrogen-bond donors (Lipinski definition) is 2. The van der Waals surface area contributed by atoms with Crippen molar-refractivity contribution in [1.82, 2.24) is 0 Å². The number of rotatable bonds is 4. The van der Waals surface area contributed by atoms with Crippen LogP contribution in [0.3, 0.4) is 0 Å². The van der Waals surface area contributed by atoms with E-state index in [1.807, 2.05) is 61.5 Å². The summed E-state index contributed by atoms with van der Waals surface area (Å²) >= 11 is 1.34. The first-order valence-corrected chi connectivity index (χ1v) is 7.03. The zero-order valence-corrected chi connectivity index (χ0v) is 12.0. The zero-order valence-electron chi connectivity index (χ0n) is 11.2. The lowest BCUT2D eigenvalue weighted by molar-refractivity contribution is -0.112. The van der Waals surface area contributed by atoms with Crippen LogP contribution in [0.2, 0.25) is 0 Å². The summed E-state index contributed by atoms with van der Waals surface area (Å²) in [6.07, 6.45) is 1.33. The minimum absolute atomic E-state index is 0.204. The van der Waals surface area contributed by atoms with Crippen LogP contribution in [0.4, 0.5) is 5.69 Å². The lowest BCUT2D eigenvalue weighted by Gasteiger charge is -2.08. The molecule has 102 valence electrons. The van der Waals surface area contributed by atoms with Crippen LogP contribution in [-0.2, 0) is 4.79 Å². The Bertz CT molecular complexity index is 606. The van der Waals surface area contributed by atoms with Gasteiger partial charge >= 0.3 is 0 Å². The maximum Gasteiger partial charge on any atom is 0.263 e. The van der Waals surface area contributed by atoms with Crippen LogP contribution >= 0.6 is 11.8 Å². The zero-order chi connectivity index (χ0) is 14.4. The van der Waals surface area contributed by atoms with Gasteiger partial charge in [-0.2, -0.15) is 0 Å². The second kappa shape index (κ2) is 6.82. The number of benzene rings is 2. The molecule has 2 aromatic rings. The van der Waals surface area contributed by atoms with Crippen molar-refractivity contribution < 1.29 is 4.79 Å². The van der Waals surface area contributed by atoms with Crippen molar-refractivity contribution in [2.75, 3.05) is 5.32 Å². The third-order valence-corrected chi connectivity index (χ3v) is 3.70. The molecule has 3 N–H and O–H groups in total. The van der Waals surface area contributed by atoms with Crippen LogP contribution in [0.25, 0.3) is 0 Å². The summed E-state index contributed by atoms with van der Waals surface area (Å²) in [5, 5.41) is 2.83. The molecule has 3 nitrogen and oxygen atoms in total. The van der Waals surface area contributed by atoms with E-state index in [0.29, 0.717) is 4.91 Å². The summed E-state index contributed by atoms with van der Waals surface area (Å²) in [5.74, 6) is -0.204. The number of aryl methyl sites for hydroxylation is 1. The predicted octanol–water partition coefficient (Wildman–Crippen LogP) is 3.53. The third kappa shape index (κ3) is 3.90. The molecule has 0 spiro atoms. The van der Waals surface area contributed by atoms with Gasteiger partial charge < -0.3 is 11.1 Å². The topological polar surface area (TPSA) is 55.1 Å². The van der Waals surface area contributed by atoms with Gasteiger partial charge in [-0.3, -0.25) is 4.79 Å². The van der Waals surface area contributed by atoms with E-state index in [9.17, 15) is 4.79 Å². The standard InChI is InChI=1S/C16H16N2OS/c1-12-7-9-13(10-8-12)18-16(19)15(11-17)20-14-5-3-2-4-6-14/h2-11H,17H2,1H3,(H,18,19)/b15-11+. The van der Waals surface area contributed by atoms with Gasteiger partial charge in [0.25, 0.3) is 5.91 Å². The monoisotopic (exact) mass is 284 g/mol. The Morgan fingerprint density at radius 1 is 1.10 bits per heavy atom. The van der Waals surface area contributed by atoms with E-state index in [2.05, 4.69) is 5.32 Å².